The minimum atomic E-state index is -3.49. The van der Waals surface area contributed by atoms with Crippen molar-refractivity contribution >= 4 is 26.0 Å². The summed E-state index contributed by atoms with van der Waals surface area (Å²) < 4.78 is 48.3. The zero-order chi connectivity index (χ0) is 26.0. The Bertz CT molecular complexity index is 1070. The molecular formula is C27H40BrNO6S. The van der Waals surface area contributed by atoms with E-state index in [1.165, 1.54) is 0 Å². The Labute approximate surface area is 224 Å². The number of halogens is 1. The zero-order valence-corrected chi connectivity index (χ0v) is 24.2. The molecule has 5 rings (SSSR count). The van der Waals surface area contributed by atoms with Crippen molar-refractivity contribution in [2.45, 2.75) is 113 Å². The van der Waals surface area contributed by atoms with Gasteiger partial charge in [-0.05, 0) is 102 Å². The van der Waals surface area contributed by atoms with Crippen molar-refractivity contribution in [2.75, 3.05) is 19.7 Å². The largest absolute Gasteiger partial charge is 0.390 e. The quantitative estimate of drug-likeness (QED) is 0.553. The van der Waals surface area contributed by atoms with Gasteiger partial charge in [-0.15, -0.1) is 0 Å². The summed E-state index contributed by atoms with van der Waals surface area (Å²) in [5.41, 5.74) is -1.41. The van der Waals surface area contributed by atoms with Crippen LogP contribution in [0.1, 0.15) is 72.6 Å². The number of ether oxygens (including phenoxy) is 3. The van der Waals surface area contributed by atoms with Crippen LogP contribution in [-0.4, -0.2) is 72.6 Å². The van der Waals surface area contributed by atoms with Gasteiger partial charge in [-0.25, -0.2) is 8.42 Å². The molecule has 36 heavy (non-hydrogen) atoms. The van der Waals surface area contributed by atoms with E-state index in [1.54, 1.807) is 28.6 Å². The van der Waals surface area contributed by atoms with Crippen LogP contribution < -0.4 is 0 Å². The molecule has 202 valence electrons. The molecule has 4 aliphatic rings. The molecule has 0 radical (unpaired) electrons. The second-order valence-corrected chi connectivity index (χ2v) is 15.2. The summed E-state index contributed by atoms with van der Waals surface area (Å²) in [5.74, 6) is 0. The Morgan fingerprint density at radius 1 is 0.944 bits per heavy atom. The van der Waals surface area contributed by atoms with Gasteiger partial charge in [0.15, 0.2) is 0 Å². The summed E-state index contributed by atoms with van der Waals surface area (Å²) in [6, 6.07) is 6.85. The van der Waals surface area contributed by atoms with E-state index in [1.807, 2.05) is 13.8 Å². The first-order valence-corrected chi connectivity index (χ1v) is 15.4. The monoisotopic (exact) mass is 585 g/mol. The van der Waals surface area contributed by atoms with Crippen molar-refractivity contribution < 1.29 is 27.7 Å². The van der Waals surface area contributed by atoms with Gasteiger partial charge in [-0.3, -0.25) is 0 Å². The number of hydrogen-bond donors (Lipinski definition) is 1. The summed E-state index contributed by atoms with van der Waals surface area (Å²) in [6.07, 6.45) is 5.28. The maximum atomic E-state index is 13.1. The first-order valence-electron chi connectivity index (χ1n) is 13.2. The van der Waals surface area contributed by atoms with Crippen molar-refractivity contribution in [3.63, 3.8) is 0 Å². The van der Waals surface area contributed by atoms with Gasteiger partial charge in [-0.1, -0.05) is 15.9 Å². The molecule has 4 saturated heterocycles. The zero-order valence-electron chi connectivity index (χ0n) is 21.8. The SMILES string of the molecule is CC1(C)O[C@@](C)([C@@H]2CC[C@](C)([C@@H]3CC4(CCN(S(=O)(=O)c5ccc(Br)cc5)CC4)CO3)O2)CC[C@@H]1O. The molecule has 1 spiro atoms. The average molecular weight is 587 g/mol. The Balaban J connectivity index is 1.21. The van der Waals surface area contributed by atoms with Gasteiger partial charge in [0.1, 0.15) is 0 Å². The molecule has 1 N–H and O–H groups in total. The molecular weight excluding hydrogens is 546 g/mol. The summed E-state index contributed by atoms with van der Waals surface area (Å²) in [7, 11) is -3.49. The van der Waals surface area contributed by atoms with Gasteiger partial charge < -0.3 is 19.3 Å². The molecule has 7 nitrogen and oxygen atoms in total. The third-order valence-corrected chi connectivity index (χ3v) is 11.8. The lowest BCUT2D eigenvalue weighted by Crippen LogP contribution is -2.57. The molecule has 1 aromatic rings. The number of piperidine rings is 1. The van der Waals surface area contributed by atoms with Crippen LogP contribution in [0.15, 0.2) is 33.6 Å². The number of aliphatic hydroxyl groups excluding tert-OH is 1. The number of benzene rings is 1. The van der Waals surface area contributed by atoms with Crippen LogP contribution in [-0.2, 0) is 24.2 Å². The molecule has 9 heteroatoms. The topological polar surface area (TPSA) is 85.3 Å². The van der Waals surface area contributed by atoms with Crippen molar-refractivity contribution in [3.8, 4) is 0 Å². The summed E-state index contributed by atoms with van der Waals surface area (Å²) >= 11 is 3.37. The second kappa shape index (κ2) is 9.28. The standard InChI is InChI=1S/C27H40BrNO6S/c1-24(2)21(30)9-11-26(4,35-24)22-10-12-25(3,34-22)23-17-27(18-33-23)13-15-29(16-14-27)36(31,32)20-7-5-19(28)6-8-20/h5-8,21-23,30H,9-18H2,1-4H3/t21-,22-,23-,25+,26+/m0/s1. The molecule has 1 aromatic carbocycles. The molecule has 0 aliphatic carbocycles. The number of rotatable bonds is 4. The van der Waals surface area contributed by atoms with E-state index in [9.17, 15) is 13.5 Å². The fourth-order valence-electron chi connectivity index (χ4n) is 6.73. The molecule has 4 fully saturated rings. The van der Waals surface area contributed by atoms with Crippen molar-refractivity contribution in [1.82, 2.24) is 4.31 Å². The Kier molecular flexibility index (Phi) is 6.97. The average Bonchev–Trinajstić information content (AvgIpc) is 3.43. The lowest BCUT2D eigenvalue weighted by atomic mass is 9.75. The van der Waals surface area contributed by atoms with Gasteiger partial charge >= 0.3 is 0 Å². The highest BCUT2D eigenvalue weighted by molar-refractivity contribution is 9.10. The van der Waals surface area contributed by atoms with Crippen molar-refractivity contribution in [2.24, 2.45) is 5.41 Å². The molecule has 0 saturated carbocycles. The fraction of sp³-hybridized carbons (Fsp3) is 0.778. The van der Waals surface area contributed by atoms with E-state index in [0.717, 1.165) is 43.0 Å². The van der Waals surface area contributed by atoms with E-state index in [-0.39, 0.29) is 23.2 Å². The Morgan fingerprint density at radius 3 is 2.22 bits per heavy atom. The lowest BCUT2D eigenvalue weighted by Gasteiger charge is -2.49. The summed E-state index contributed by atoms with van der Waals surface area (Å²) in [4.78, 5) is 0.342. The minimum Gasteiger partial charge on any atom is -0.390 e. The van der Waals surface area contributed by atoms with Crippen LogP contribution in [0.4, 0.5) is 0 Å². The maximum absolute atomic E-state index is 13.1. The van der Waals surface area contributed by atoms with Crippen LogP contribution >= 0.6 is 15.9 Å². The predicted molar refractivity (Wildman–Crippen MR) is 140 cm³/mol. The smallest absolute Gasteiger partial charge is 0.243 e. The van der Waals surface area contributed by atoms with Gasteiger partial charge in [0, 0.05) is 17.6 Å². The fourth-order valence-corrected chi connectivity index (χ4v) is 8.44. The Morgan fingerprint density at radius 2 is 1.58 bits per heavy atom. The Hall–Kier alpha value is -0.550. The summed E-state index contributed by atoms with van der Waals surface area (Å²) in [5, 5.41) is 10.3. The number of sulfonamides is 1. The molecule has 0 unspecified atom stereocenters. The number of hydrogen-bond acceptors (Lipinski definition) is 6. The van der Waals surface area contributed by atoms with Crippen LogP contribution in [0.25, 0.3) is 0 Å². The lowest BCUT2D eigenvalue weighted by molar-refractivity contribution is -0.260. The highest BCUT2D eigenvalue weighted by Crippen LogP contribution is 2.51. The van der Waals surface area contributed by atoms with Crippen molar-refractivity contribution in [3.05, 3.63) is 28.7 Å². The molecule has 5 atom stereocenters. The van der Waals surface area contributed by atoms with E-state index in [0.29, 0.717) is 31.0 Å². The van der Waals surface area contributed by atoms with Gasteiger partial charge in [-0.2, -0.15) is 4.31 Å². The normalized spacial score (nSPS) is 39.0. The third kappa shape index (κ3) is 4.82. The van der Waals surface area contributed by atoms with E-state index in [4.69, 9.17) is 14.2 Å². The number of aliphatic hydroxyl groups is 1. The molecule has 0 bridgehead atoms. The number of nitrogens with zero attached hydrogens (tertiary/aromatic N) is 1. The highest BCUT2D eigenvalue weighted by Gasteiger charge is 2.57. The van der Waals surface area contributed by atoms with Gasteiger partial charge in [0.2, 0.25) is 10.0 Å². The first kappa shape index (κ1) is 27.0. The van der Waals surface area contributed by atoms with Crippen LogP contribution in [0, 0.1) is 5.41 Å². The van der Waals surface area contributed by atoms with Crippen LogP contribution in [0.2, 0.25) is 0 Å². The molecule has 4 heterocycles. The molecule has 0 aromatic heterocycles. The predicted octanol–water partition coefficient (Wildman–Crippen LogP) is 4.66. The van der Waals surface area contributed by atoms with Gasteiger partial charge in [0.25, 0.3) is 0 Å². The maximum Gasteiger partial charge on any atom is 0.243 e. The van der Waals surface area contributed by atoms with Crippen molar-refractivity contribution in [1.29, 1.82) is 0 Å². The second-order valence-electron chi connectivity index (χ2n) is 12.4. The van der Waals surface area contributed by atoms with Crippen LogP contribution in [0.5, 0.6) is 0 Å². The molecule has 4 aliphatic heterocycles. The highest BCUT2D eigenvalue weighted by atomic mass is 79.9. The van der Waals surface area contributed by atoms with E-state index < -0.39 is 27.3 Å². The van der Waals surface area contributed by atoms with E-state index in [2.05, 4.69) is 29.8 Å². The molecule has 0 amide bonds. The summed E-state index contributed by atoms with van der Waals surface area (Å²) in [6.45, 7) is 9.87. The van der Waals surface area contributed by atoms with Crippen LogP contribution in [0.3, 0.4) is 0 Å². The minimum absolute atomic E-state index is 0.00179. The van der Waals surface area contributed by atoms with Gasteiger partial charge in [0.05, 0.1) is 46.6 Å². The van der Waals surface area contributed by atoms with E-state index >= 15 is 0 Å². The first-order chi connectivity index (χ1) is 16.8. The third-order valence-electron chi connectivity index (χ3n) is 9.33.